The molecule has 1 aromatic heterocycles. The predicted octanol–water partition coefficient (Wildman–Crippen LogP) is 2.43. The Bertz CT molecular complexity index is 419. The molecule has 2 rings (SSSR count). The van der Waals surface area contributed by atoms with E-state index in [1.807, 2.05) is 6.92 Å². The van der Waals surface area contributed by atoms with E-state index >= 15 is 0 Å². The van der Waals surface area contributed by atoms with Crippen LogP contribution in [-0.2, 0) is 0 Å². The van der Waals surface area contributed by atoms with Gasteiger partial charge in [-0.25, -0.2) is 4.98 Å². The van der Waals surface area contributed by atoms with Crippen molar-refractivity contribution in [2.45, 2.75) is 39.2 Å². The average Bonchev–Trinajstić information content (AvgIpc) is 2.75. The molecule has 2 N–H and O–H groups in total. The van der Waals surface area contributed by atoms with Gasteiger partial charge in [0.25, 0.3) is 5.91 Å². The maximum Gasteiger partial charge on any atom is 0.251 e. The van der Waals surface area contributed by atoms with Crippen LogP contribution in [0.1, 0.15) is 43.5 Å². The molecule has 1 saturated carbocycles. The molecule has 98 valence electrons. The zero-order valence-corrected chi connectivity index (χ0v) is 11.1. The van der Waals surface area contributed by atoms with Crippen LogP contribution in [0.2, 0.25) is 0 Å². The zero-order chi connectivity index (χ0) is 13.0. The fourth-order valence-electron chi connectivity index (χ4n) is 2.46. The summed E-state index contributed by atoms with van der Waals surface area (Å²) >= 11 is 0. The Labute approximate surface area is 108 Å². The van der Waals surface area contributed by atoms with Crippen molar-refractivity contribution in [1.82, 2.24) is 10.3 Å². The van der Waals surface area contributed by atoms with Crippen LogP contribution in [0, 0.1) is 5.92 Å². The number of rotatable bonds is 4. The van der Waals surface area contributed by atoms with Gasteiger partial charge in [-0.05, 0) is 44.2 Å². The quantitative estimate of drug-likeness (QED) is 0.859. The molecule has 1 amide bonds. The van der Waals surface area contributed by atoms with Gasteiger partial charge in [-0.1, -0.05) is 6.92 Å². The van der Waals surface area contributed by atoms with E-state index in [-0.39, 0.29) is 5.91 Å². The second-order valence-corrected chi connectivity index (χ2v) is 5.05. The van der Waals surface area contributed by atoms with Gasteiger partial charge in [0.05, 0.1) is 0 Å². The number of carbonyl (C=O) groups is 1. The van der Waals surface area contributed by atoms with Crippen molar-refractivity contribution in [2.24, 2.45) is 5.92 Å². The minimum Gasteiger partial charge on any atom is -0.370 e. The van der Waals surface area contributed by atoms with Crippen LogP contribution in [0.3, 0.4) is 0 Å². The lowest BCUT2D eigenvalue weighted by molar-refractivity contribution is 0.0937. The lowest BCUT2D eigenvalue weighted by atomic mass is 10.1. The molecule has 1 heterocycles. The third kappa shape index (κ3) is 3.22. The van der Waals surface area contributed by atoms with Gasteiger partial charge < -0.3 is 10.6 Å². The van der Waals surface area contributed by atoms with Gasteiger partial charge in [0.2, 0.25) is 0 Å². The molecule has 0 aromatic carbocycles. The van der Waals surface area contributed by atoms with E-state index in [4.69, 9.17) is 0 Å². The number of pyridine rings is 1. The Hall–Kier alpha value is -1.58. The van der Waals surface area contributed by atoms with Gasteiger partial charge in [-0.15, -0.1) is 0 Å². The zero-order valence-electron chi connectivity index (χ0n) is 11.1. The maximum atomic E-state index is 12.1. The standard InChI is InChI=1S/C14H21N3O/c1-3-15-13-9-11(6-7-16-13)14(18)17-12-5-4-10(2)8-12/h6-7,9-10,12H,3-5,8H2,1-2H3,(H,15,16)(H,17,18). The van der Waals surface area contributed by atoms with Crippen LogP contribution in [0.4, 0.5) is 5.82 Å². The molecular formula is C14H21N3O. The van der Waals surface area contributed by atoms with Gasteiger partial charge in [0.1, 0.15) is 5.82 Å². The highest BCUT2D eigenvalue weighted by Crippen LogP contribution is 2.24. The van der Waals surface area contributed by atoms with Crippen LogP contribution < -0.4 is 10.6 Å². The molecule has 1 fully saturated rings. The highest BCUT2D eigenvalue weighted by Gasteiger charge is 2.23. The Morgan fingerprint density at radius 1 is 1.50 bits per heavy atom. The van der Waals surface area contributed by atoms with Crippen LogP contribution in [0.15, 0.2) is 18.3 Å². The topological polar surface area (TPSA) is 54.0 Å². The van der Waals surface area contributed by atoms with E-state index in [2.05, 4.69) is 22.5 Å². The molecule has 0 aliphatic heterocycles. The summed E-state index contributed by atoms with van der Waals surface area (Å²) in [4.78, 5) is 16.3. The fraction of sp³-hybridized carbons (Fsp3) is 0.571. The Kier molecular flexibility index (Phi) is 4.18. The van der Waals surface area contributed by atoms with Crippen molar-refractivity contribution in [2.75, 3.05) is 11.9 Å². The third-order valence-corrected chi connectivity index (χ3v) is 3.41. The van der Waals surface area contributed by atoms with E-state index < -0.39 is 0 Å². The Balaban J connectivity index is 1.97. The SMILES string of the molecule is CCNc1cc(C(=O)NC2CCC(C)C2)ccn1. The molecule has 4 heteroatoms. The monoisotopic (exact) mass is 247 g/mol. The number of hydrogen-bond donors (Lipinski definition) is 2. The maximum absolute atomic E-state index is 12.1. The first kappa shape index (κ1) is 12.9. The molecule has 1 aliphatic carbocycles. The summed E-state index contributed by atoms with van der Waals surface area (Å²) in [7, 11) is 0. The van der Waals surface area contributed by atoms with E-state index in [1.165, 1.54) is 6.42 Å². The Morgan fingerprint density at radius 2 is 2.33 bits per heavy atom. The van der Waals surface area contributed by atoms with Gasteiger partial charge >= 0.3 is 0 Å². The van der Waals surface area contributed by atoms with E-state index in [0.29, 0.717) is 11.6 Å². The summed E-state index contributed by atoms with van der Waals surface area (Å²) < 4.78 is 0. The normalized spacial score (nSPS) is 22.8. The molecule has 2 atom stereocenters. The van der Waals surface area contributed by atoms with Crippen molar-refractivity contribution >= 4 is 11.7 Å². The molecule has 0 spiro atoms. The number of anilines is 1. The first-order valence-electron chi connectivity index (χ1n) is 6.69. The summed E-state index contributed by atoms with van der Waals surface area (Å²) in [5, 5.41) is 6.21. The second-order valence-electron chi connectivity index (χ2n) is 5.05. The minimum absolute atomic E-state index is 0.00986. The second kappa shape index (κ2) is 5.85. The van der Waals surface area contributed by atoms with E-state index in [0.717, 1.165) is 31.1 Å². The number of amides is 1. The number of hydrogen-bond acceptors (Lipinski definition) is 3. The number of carbonyl (C=O) groups excluding carboxylic acids is 1. The van der Waals surface area contributed by atoms with Gasteiger partial charge in [-0.2, -0.15) is 0 Å². The highest BCUT2D eigenvalue weighted by atomic mass is 16.1. The van der Waals surface area contributed by atoms with E-state index in [1.54, 1.807) is 18.3 Å². The van der Waals surface area contributed by atoms with Gasteiger partial charge in [0.15, 0.2) is 0 Å². The lowest BCUT2D eigenvalue weighted by Crippen LogP contribution is -2.32. The predicted molar refractivity (Wildman–Crippen MR) is 72.7 cm³/mol. The number of aromatic nitrogens is 1. The van der Waals surface area contributed by atoms with Crippen molar-refractivity contribution in [3.8, 4) is 0 Å². The summed E-state index contributed by atoms with van der Waals surface area (Å²) in [6, 6.07) is 3.90. The summed E-state index contributed by atoms with van der Waals surface area (Å²) in [6.45, 7) is 5.05. The Morgan fingerprint density at radius 3 is 3.00 bits per heavy atom. The highest BCUT2D eigenvalue weighted by molar-refractivity contribution is 5.95. The molecule has 0 bridgehead atoms. The van der Waals surface area contributed by atoms with Crippen LogP contribution in [-0.4, -0.2) is 23.5 Å². The van der Waals surface area contributed by atoms with Crippen molar-refractivity contribution in [3.63, 3.8) is 0 Å². The van der Waals surface area contributed by atoms with Crippen LogP contribution in [0.25, 0.3) is 0 Å². The van der Waals surface area contributed by atoms with Crippen molar-refractivity contribution < 1.29 is 4.79 Å². The molecule has 0 radical (unpaired) electrons. The molecular weight excluding hydrogens is 226 g/mol. The summed E-state index contributed by atoms with van der Waals surface area (Å²) in [5.74, 6) is 1.49. The number of nitrogens with one attached hydrogen (secondary N) is 2. The molecule has 1 aromatic rings. The van der Waals surface area contributed by atoms with Crippen molar-refractivity contribution in [3.05, 3.63) is 23.9 Å². The average molecular weight is 247 g/mol. The summed E-state index contributed by atoms with van der Waals surface area (Å²) in [5.41, 5.74) is 0.681. The third-order valence-electron chi connectivity index (χ3n) is 3.41. The molecule has 18 heavy (non-hydrogen) atoms. The first-order valence-corrected chi connectivity index (χ1v) is 6.69. The van der Waals surface area contributed by atoms with Gasteiger partial charge in [-0.3, -0.25) is 4.79 Å². The fourth-order valence-corrected chi connectivity index (χ4v) is 2.46. The molecule has 0 saturated heterocycles. The van der Waals surface area contributed by atoms with E-state index in [9.17, 15) is 4.79 Å². The largest absolute Gasteiger partial charge is 0.370 e. The van der Waals surface area contributed by atoms with Gasteiger partial charge in [0, 0.05) is 24.3 Å². The van der Waals surface area contributed by atoms with Crippen molar-refractivity contribution in [1.29, 1.82) is 0 Å². The minimum atomic E-state index is 0.00986. The number of nitrogens with zero attached hydrogens (tertiary/aromatic N) is 1. The summed E-state index contributed by atoms with van der Waals surface area (Å²) in [6.07, 6.45) is 5.07. The van der Waals surface area contributed by atoms with Crippen LogP contribution >= 0.6 is 0 Å². The van der Waals surface area contributed by atoms with Crippen LogP contribution in [0.5, 0.6) is 0 Å². The molecule has 1 aliphatic rings. The smallest absolute Gasteiger partial charge is 0.251 e. The molecule has 2 unspecified atom stereocenters. The lowest BCUT2D eigenvalue weighted by Gasteiger charge is -2.13. The molecule has 4 nitrogen and oxygen atoms in total. The first-order chi connectivity index (χ1) is 8.69.